The molecule has 2 aromatic heterocycles. The molecule has 0 spiro atoms. The lowest BCUT2D eigenvalue weighted by Crippen LogP contribution is -2.33. The van der Waals surface area contributed by atoms with Gasteiger partial charge in [0, 0.05) is 18.9 Å². The van der Waals surface area contributed by atoms with E-state index in [-0.39, 0.29) is 0 Å². The number of pyridine rings is 1. The van der Waals surface area contributed by atoms with Crippen molar-refractivity contribution in [2.75, 3.05) is 19.6 Å². The van der Waals surface area contributed by atoms with Crippen LogP contribution in [-0.4, -0.2) is 39.1 Å². The van der Waals surface area contributed by atoms with Crippen molar-refractivity contribution in [3.05, 3.63) is 60.7 Å². The van der Waals surface area contributed by atoms with E-state index in [4.69, 9.17) is 0 Å². The summed E-state index contributed by atoms with van der Waals surface area (Å²) >= 11 is 0. The zero-order chi connectivity index (χ0) is 16.9. The van der Waals surface area contributed by atoms with Crippen molar-refractivity contribution in [3.8, 4) is 0 Å². The summed E-state index contributed by atoms with van der Waals surface area (Å²) in [4.78, 5) is 11.2. The van der Waals surface area contributed by atoms with E-state index in [1.165, 1.54) is 56.4 Å². The molecule has 0 radical (unpaired) electrons. The Labute approximate surface area is 149 Å². The highest BCUT2D eigenvalue weighted by Crippen LogP contribution is 2.27. The molecule has 3 heterocycles. The fraction of sp³-hybridized carbons (Fsp3) is 0.429. The van der Waals surface area contributed by atoms with Gasteiger partial charge in [0.25, 0.3) is 0 Å². The van der Waals surface area contributed by atoms with Crippen LogP contribution in [0.4, 0.5) is 0 Å². The maximum absolute atomic E-state index is 4.47. The molecule has 1 aliphatic rings. The van der Waals surface area contributed by atoms with Crippen LogP contribution in [0.15, 0.2) is 55.1 Å². The minimum atomic E-state index is 0.719. The number of piperidine rings is 1. The predicted molar refractivity (Wildman–Crippen MR) is 102 cm³/mol. The van der Waals surface area contributed by atoms with E-state index in [0.29, 0.717) is 0 Å². The van der Waals surface area contributed by atoms with Gasteiger partial charge in [0.05, 0.1) is 17.4 Å². The minimum absolute atomic E-state index is 0.719. The molecule has 0 unspecified atom stereocenters. The van der Waals surface area contributed by atoms with Gasteiger partial charge in [0.1, 0.15) is 0 Å². The van der Waals surface area contributed by atoms with Crippen LogP contribution in [0.25, 0.3) is 11.0 Å². The third-order valence-electron chi connectivity index (χ3n) is 5.42. The van der Waals surface area contributed by atoms with Crippen molar-refractivity contribution in [2.24, 2.45) is 0 Å². The molecule has 1 aromatic carbocycles. The number of unbranched alkanes of at least 4 members (excludes halogenated alkanes) is 1. The summed E-state index contributed by atoms with van der Waals surface area (Å²) in [7, 11) is 0. The number of rotatable bonds is 6. The Morgan fingerprint density at radius 1 is 0.920 bits per heavy atom. The Morgan fingerprint density at radius 3 is 2.52 bits per heavy atom. The molecule has 0 atom stereocenters. The van der Waals surface area contributed by atoms with Crippen molar-refractivity contribution in [3.63, 3.8) is 0 Å². The van der Waals surface area contributed by atoms with Crippen molar-refractivity contribution in [1.82, 2.24) is 19.4 Å². The van der Waals surface area contributed by atoms with Gasteiger partial charge in [-0.25, -0.2) is 4.98 Å². The van der Waals surface area contributed by atoms with Crippen LogP contribution in [-0.2, 0) is 6.54 Å². The number of aryl methyl sites for hydroxylation is 1. The first kappa shape index (κ1) is 16.3. The van der Waals surface area contributed by atoms with Crippen molar-refractivity contribution in [2.45, 2.75) is 38.1 Å². The summed E-state index contributed by atoms with van der Waals surface area (Å²) in [5, 5.41) is 0. The number of nitrogens with zero attached hydrogens (tertiary/aromatic N) is 4. The Morgan fingerprint density at radius 2 is 1.68 bits per heavy atom. The maximum atomic E-state index is 4.47. The SMILES string of the molecule is c1ccc2c(c1)ncn2CCCCN1CCC(c2ccncc2)CC1. The number of hydrogen-bond donors (Lipinski definition) is 0. The summed E-state index contributed by atoms with van der Waals surface area (Å²) in [6.45, 7) is 4.73. The molecular weight excluding hydrogens is 308 g/mol. The summed E-state index contributed by atoms with van der Waals surface area (Å²) in [5.41, 5.74) is 3.81. The van der Waals surface area contributed by atoms with E-state index >= 15 is 0 Å². The second-order valence-electron chi connectivity index (χ2n) is 7.03. The third kappa shape index (κ3) is 3.90. The topological polar surface area (TPSA) is 34.0 Å². The van der Waals surface area contributed by atoms with Crippen molar-refractivity contribution >= 4 is 11.0 Å². The van der Waals surface area contributed by atoms with Crippen LogP contribution in [0, 0.1) is 0 Å². The number of para-hydroxylation sites is 2. The van der Waals surface area contributed by atoms with Crippen molar-refractivity contribution in [1.29, 1.82) is 0 Å². The van der Waals surface area contributed by atoms with E-state index in [0.717, 1.165) is 18.0 Å². The molecule has 1 fully saturated rings. The van der Waals surface area contributed by atoms with Gasteiger partial charge in [0.15, 0.2) is 0 Å². The van der Waals surface area contributed by atoms with Crippen LogP contribution in [0.2, 0.25) is 0 Å². The molecule has 4 rings (SSSR count). The summed E-state index contributed by atoms with van der Waals surface area (Å²) in [6, 6.07) is 12.7. The van der Waals surface area contributed by atoms with Crippen LogP contribution >= 0.6 is 0 Å². The summed E-state index contributed by atoms with van der Waals surface area (Å²) in [5.74, 6) is 0.719. The smallest absolute Gasteiger partial charge is 0.0958 e. The van der Waals surface area contributed by atoms with Gasteiger partial charge < -0.3 is 9.47 Å². The zero-order valence-electron chi connectivity index (χ0n) is 14.7. The van der Waals surface area contributed by atoms with Crippen molar-refractivity contribution < 1.29 is 0 Å². The lowest BCUT2D eigenvalue weighted by molar-refractivity contribution is 0.208. The van der Waals surface area contributed by atoms with E-state index in [2.05, 4.69) is 55.8 Å². The van der Waals surface area contributed by atoms with Crippen LogP contribution in [0.3, 0.4) is 0 Å². The zero-order valence-corrected chi connectivity index (χ0v) is 14.7. The third-order valence-corrected chi connectivity index (χ3v) is 5.42. The Hall–Kier alpha value is -2.20. The lowest BCUT2D eigenvalue weighted by Gasteiger charge is -2.32. The normalized spacial score (nSPS) is 16.5. The first-order valence-corrected chi connectivity index (χ1v) is 9.42. The standard InChI is InChI=1S/C21H26N4/c1-2-6-21-20(5-1)23-17-25(21)14-4-3-13-24-15-9-19(10-16-24)18-7-11-22-12-8-18/h1-2,5-8,11-12,17,19H,3-4,9-10,13-16H2. The monoisotopic (exact) mass is 334 g/mol. The number of likely N-dealkylation sites (tertiary alicyclic amines) is 1. The van der Waals surface area contributed by atoms with Gasteiger partial charge in [-0.1, -0.05) is 12.1 Å². The molecular formula is C21H26N4. The van der Waals surface area contributed by atoms with E-state index in [1.807, 2.05) is 18.7 Å². The van der Waals surface area contributed by atoms with E-state index < -0.39 is 0 Å². The molecule has 1 saturated heterocycles. The molecule has 0 N–H and O–H groups in total. The van der Waals surface area contributed by atoms with Gasteiger partial charge in [-0.15, -0.1) is 0 Å². The highest BCUT2D eigenvalue weighted by atomic mass is 15.1. The molecule has 3 aromatic rings. The quantitative estimate of drug-likeness (QED) is 0.637. The number of hydrogen-bond acceptors (Lipinski definition) is 3. The molecule has 0 aliphatic carbocycles. The van der Waals surface area contributed by atoms with Gasteiger partial charge in [-0.3, -0.25) is 4.98 Å². The predicted octanol–water partition coefficient (Wildman–Crippen LogP) is 4.09. The van der Waals surface area contributed by atoms with E-state index in [1.54, 1.807) is 0 Å². The average molecular weight is 334 g/mol. The van der Waals surface area contributed by atoms with Gasteiger partial charge in [0.2, 0.25) is 0 Å². The molecule has 25 heavy (non-hydrogen) atoms. The first-order chi connectivity index (χ1) is 12.4. The second kappa shape index (κ2) is 7.79. The van der Waals surface area contributed by atoms with Crippen LogP contribution in [0.5, 0.6) is 0 Å². The minimum Gasteiger partial charge on any atom is -0.331 e. The largest absolute Gasteiger partial charge is 0.331 e. The molecule has 130 valence electrons. The Bertz CT molecular complexity index is 788. The Kier molecular flexibility index (Phi) is 5.07. The first-order valence-electron chi connectivity index (χ1n) is 9.42. The average Bonchev–Trinajstić information content (AvgIpc) is 3.10. The second-order valence-corrected chi connectivity index (χ2v) is 7.03. The fourth-order valence-electron chi connectivity index (χ4n) is 3.93. The molecule has 1 aliphatic heterocycles. The Balaban J connectivity index is 1.20. The highest BCUT2D eigenvalue weighted by Gasteiger charge is 2.19. The van der Waals surface area contributed by atoms with Crippen LogP contribution in [0.1, 0.15) is 37.2 Å². The molecule has 4 nitrogen and oxygen atoms in total. The molecule has 0 saturated carbocycles. The summed E-state index contributed by atoms with van der Waals surface area (Å²) in [6.07, 6.45) is 10.8. The van der Waals surface area contributed by atoms with Gasteiger partial charge >= 0.3 is 0 Å². The number of benzene rings is 1. The van der Waals surface area contributed by atoms with E-state index in [9.17, 15) is 0 Å². The number of fused-ring (bicyclic) bond motifs is 1. The molecule has 0 bridgehead atoms. The summed E-state index contributed by atoms with van der Waals surface area (Å²) < 4.78 is 2.28. The molecule has 4 heteroatoms. The van der Waals surface area contributed by atoms with Gasteiger partial charge in [-0.05, 0) is 81.1 Å². The lowest BCUT2D eigenvalue weighted by atomic mass is 9.90. The molecule has 0 amide bonds. The fourth-order valence-corrected chi connectivity index (χ4v) is 3.93. The van der Waals surface area contributed by atoms with Gasteiger partial charge in [-0.2, -0.15) is 0 Å². The number of imidazole rings is 1. The number of aromatic nitrogens is 3. The van der Waals surface area contributed by atoms with Crippen LogP contribution < -0.4 is 0 Å². The highest BCUT2D eigenvalue weighted by molar-refractivity contribution is 5.74. The maximum Gasteiger partial charge on any atom is 0.0958 e.